The van der Waals surface area contributed by atoms with Gasteiger partial charge in [-0.25, -0.2) is 4.39 Å². The highest BCUT2D eigenvalue weighted by Crippen LogP contribution is 2.23. The Bertz CT molecular complexity index is 870. The van der Waals surface area contributed by atoms with Crippen molar-refractivity contribution in [3.63, 3.8) is 0 Å². The zero-order chi connectivity index (χ0) is 18.5. The van der Waals surface area contributed by atoms with E-state index >= 15 is 0 Å². The fraction of sp³-hybridized carbons (Fsp3) is 0.316. The third-order valence-corrected chi connectivity index (χ3v) is 4.16. The molecule has 0 fully saturated rings. The summed E-state index contributed by atoms with van der Waals surface area (Å²) < 4.78 is 20.2. The Morgan fingerprint density at radius 1 is 1.27 bits per heavy atom. The Kier molecular flexibility index (Phi) is 5.46. The number of amides is 1. The second kappa shape index (κ2) is 7.95. The summed E-state index contributed by atoms with van der Waals surface area (Å²) in [6, 6.07) is 9.53. The first kappa shape index (κ1) is 17.8. The van der Waals surface area contributed by atoms with Crippen LogP contribution in [0.25, 0.3) is 23.0 Å². The van der Waals surface area contributed by atoms with E-state index in [1.54, 1.807) is 28.6 Å². The van der Waals surface area contributed by atoms with Crippen molar-refractivity contribution >= 4 is 5.91 Å². The Hall–Kier alpha value is -2.96. The molecule has 3 aromatic rings. The van der Waals surface area contributed by atoms with E-state index in [9.17, 15) is 9.18 Å². The number of nitrogens with zero attached hydrogens (tertiary/aromatic N) is 4. The first-order valence-electron chi connectivity index (χ1n) is 8.57. The number of rotatable bonds is 7. The standard InChI is InChI=1S/C19H21FN4O2/c1-3-4-11-23(2)17(25)13-24-12-5-6-16(24)19-21-18(22-26-19)14-7-9-15(20)10-8-14/h5-10,12H,3-4,11,13H2,1-2H3. The van der Waals surface area contributed by atoms with E-state index in [2.05, 4.69) is 17.1 Å². The molecule has 0 radical (unpaired) electrons. The van der Waals surface area contributed by atoms with E-state index in [1.165, 1.54) is 12.1 Å². The number of aromatic nitrogens is 3. The molecule has 2 heterocycles. The van der Waals surface area contributed by atoms with Gasteiger partial charge in [0.05, 0.1) is 0 Å². The van der Waals surface area contributed by atoms with E-state index in [-0.39, 0.29) is 18.3 Å². The molecule has 0 unspecified atom stereocenters. The molecule has 0 spiro atoms. The average Bonchev–Trinajstić information content (AvgIpc) is 3.29. The molecule has 0 aliphatic carbocycles. The maximum atomic E-state index is 13.0. The predicted molar refractivity (Wildman–Crippen MR) is 95.7 cm³/mol. The normalized spacial score (nSPS) is 10.9. The van der Waals surface area contributed by atoms with Crippen molar-refractivity contribution in [2.45, 2.75) is 26.3 Å². The first-order valence-corrected chi connectivity index (χ1v) is 8.57. The van der Waals surface area contributed by atoms with Crippen molar-refractivity contribution in [2.75, 3.05) is 13.6 Å². The van der Waals surface area contributed by atoms with Crippen LogP contribution in [-0.4, -0.2) is 39.1 Å². The number of likely N-dealkylation sites (N-methyl/N-ethyl adjacent to an activating group) is 1. The van der Waals surface area contributed by atoms with Gasteiger partial charge in [-0.05, 0) is 42.8 Å². The number of carbonyl (C=O) groups excluding carboxylic acids is 1. The Labute approximate surface area is 151 Å². The Morgan fingerprint density at radius 2 is 2.04 bits per heavy atom. The van der Waals surface area contributed by atoms with Crippen LogP contribution in [0.3, 0.4) is 0 Å². The molecule has 7 heteroatoms. The highest BCUT2D eigenvalue weighted by molar-refractivity contribution is 5.76. The maximum absolute atomic E-state index is 13.0. The van der Waals surface area contributed by atoms with Crippen molar-refractivity contribution < 1.29 is 13.7 Å². The molecule has 6 nitrogen and oxygen atoms in total. The summed E-state index contributed by atoms with van der Waals surface area (Å²) in [6.45, 7) is 3.04. The lowest BCUT2D eigenvalue weighted by molar-refractivity contribution is -0.130. The summed E-state index contributed by atoms with van der Waals surface area (Å²) in [5.74, 6) is 0.392. The van der Waals surface area contributed by atoms with Crippen LogP contribution in [0.1, 0.15) is 19.8 Å². The van der Waals surface area contributed by atoms with Gasteiger partial charge < -0.3 is 14.0 Å². The summed E-state index contributed by atoms with van der Waals surface area (Å²) in [5, 5.41) is 3.95. The highest BCUT2D eigenvalue weighted by atomic mass is 19.1. The maximum Gasteiger partial charge on any atom is 0.274 e. The van der Waals surface area contributed by atoms with Crippen LogP contribution in [-0.2, 0) is 11.3 Å². The Morgan fingerprint density at radius 3 is 2.77 bits per heavy atom. The molecule has 3 rings (SSSR count). The van der Waals surface area contributed by atoms with Gasteiger partial charge in [0, 0.05) is 25.4 Å². The zero-order valence-electron chi connectivity index (χ0n) is 14.9. The van der Waals surface area contributed by atoms with Crippen molar-refractivity contribution in [3.8, 4) is 23.0 Å². The van der Waals surface area contributed by atoms with Gasteiger partial charge in [0.25, 0.3) is 5.89 Å². The van der Waals surface area contributed by atoms with E-state index < -0.39 is 0 Å². The number of unbranched alkanes of at least 4 members (excludes halogenated alkanes) is 1. The lowest BCUT2D eigenvalue weighted by Crippen LogP contribution is -2.31. The third kappa shape index (κ3) is 3.99. The van der Waals surface area contributed by atoms with E-state index in [0.717, 1.165) is 19.4 Å². The SMILES string of the molecule is CCCCN(C)C(=O)Cn1cccc1-c1nc(-c2ccc(F)cc2)no1. The number of hydrogen-bond donors (Lipinski definition) is 0. The van der Waals surface area contributed by atoms with Gasteiger partial charge in [0.2, 0.25) is 11.7 Å². The molecule has 2 aromatic heterocycles. The largest absolute Gasteiger partial charge is 0.344 e. The number of hydrogen-bond acceptors (Lipinski definition) is 4. The highest BCUT2D eigenvalue weighted by Gasteiger charge is 2.16. The van der Waals surface area contributed by atoms with Crippen LogP contribution in [0.5, 0.6) is 0 Å². The smallest absolute Gasteiger partial charge is 0.274 e. The van der Waals surface area contributed by atoms with Crippen LogP contribution >= 0.6 is 0 Å². The summed E-state index contributed by atoms with van der Waals surface area (Å²) in [4.78, 5) is 18.5. The molecule has 0 saturated heterocycles. The molecule has 0 atom stereocenters. The molecular weight excluding hydrogens is 335 g/mol. The van der Waals surface area contributed by atoms with Crippen LogP contribution in [0.2, 0.25) is 0 Å². The molecule has 26 heavy (non-hydrogen) atoms. The zero-order valence-corrected chi connectivity index (χ0v) is 14.9. The van der Waals surface area contributed by atoms with Crippen molar-refractivity contribution in [2.24, 2.45) is 0 Å². The minimum absolute atomic E-state index is 0.0224. The second-order valence-corrected chi connectivity index (χ2v) is 6.12. The summed E-state index contributed by atoms with van der Waals surface area (Å²) in [6.07, 6.45) is 3.83. The van der Waals surface area contributed by atoms with Gasteiger partial charge >= 0.3 is 0 Å². The van der Waals surface area contributed by atoms with E-state index in [1.807, 2.05) is 18.3 Å². The van der Waals surface area contributed by atoms with Crippen LogP contribution < -0.4 is 0 Å². The molecule has 1 aromatic carbocycles. The molecule has 136 valence electrons. The molecule has 0 aliphatic heterocycles. The summed E-state index contributed by atoms with van der Waals surface area (Å²) in [5.41, 5.74) is 1.33. The average molecular weight is 356 g/mol. The van der Waals surface area contributed by atoms with Gasteiger partial charge in [-0.15, -0.1) is 0 Å². The minimum atomic E-state index is -0.322. The molecule has 0 bridgehead atoms. The summed E-state index contributed by atoms with van der Waals surface area (Å²) >= 11 is 0. The molecule has 0 aliphatic rings. The van der Waals surface area contributed by atoms with Gasteiger partial charge in [-0.3, -0.25) is 4.79 Å². The number of halogens is 1. The monoisotopic (exact) mass is 356 g/mol. The summed E-state index contributed by atoms with van der Waals surface area (Å²) in [7, 11) is 1.81. The third-order valence-electron chi connectivity index (χ3n) is 4.16. The second-order valence-electron chi connectivity index (χ2n) is 6.12. The van der Waals surface area contributed by atoms with Gasteiger partial charge in [0.1, 0.15) is 18.1 Å². The topological polar surface area (TPSA) is 64.2 Å². The lowest BCUT2D eigenvalue weighted by atomic mass is 10.2. The van der Waals surface area contributed by atoms with Gasteiger partial charge in [0.15, 0.2) is 0 Å². The molecule has 0 N–H and O–H groups in total. The fourth-order valence-corrected chi connectivity index (χ4v) is 2.58. The first-order chi connectivity index (χ1) is 12.6. The molecule has 1 amide bonds. The minimum Gasteiger partial charge on any atom is -0.344 e. The quantitative estimate of drug-likeness (QED) is 0.649. The lowest BCUT2D eigenvalue weighted by Gasteiger charge is -2.17. The molecular formula is C19H21FN4O2. The van der Waals surface area contributed by atoms with Crippen LogP contribution in [0, 0.1) is 5.82 Å². The number of carbonyl (C=O) groups is 1. The van der Waals surface area contributed by atoms with Gasteiger partial charge in [-0.1, -0.05) is 18.5 Å². The fourth-order valence-electron chi connectivity index (χ4n) is 2.58. The van der Waals surface area contributed by atoms with Crippen molar-refractivity contribution in [3.05, 3.63) is 48.4 Å². The van der Waals surface area contributed by atoms with Crippen molar-refractivity contribution in [1.29, 1.82) is 0 Å². The van der Waals surface area contributed by atoms with E-state index in [0.29, 0.717) is 23.0 Å². The Balaban J connectivity index is 1.76. The van der Waals surface area contributed by atoms with Crippen molar-refractivity contribution in [1.82, 2.24) is 19.6 Å². The van der Waals surface area contributed by atoms with E-state index in [4.69, 9.17) is 4.52 Å². The van der Waals surface area contributed by atoms with Crippen LogP contribution in [0.4, 0.5) is 4.39 Å². The van der Waals surface area contributed by atoms with Crippen LogP contribution in [0.15, 0.2) is 47.1 Å². The number of benzene rings is 1. The van der Waals surface area contributed by atoms with Gasteiger partial charge in [-0.2, -0.15) is 4.98 Å². The predicted octanol–water partition coefficient (Wildman–Crippen LogP) is 3.60. The molecule has 0 saturated carbocycles.